The van der Waals surface area contributed by atoms with Crippen molar-refractivity contribution in [2.75, 3.05) is 0 Å². The van der Waals surface area contributed by atoms with Crippen LogP contribution in [0.25, 0.3) is 32.8 Å². The lowest BCUT2D eigenvalue weighted by Crippen LogP contribution is -2.35. The van der Waals surface area contributed by atoms with Gasteiger partial charge in [0.1, 0.15) is 7.05 Å². The zero-order valence-corrected chi connectivity index (χ0v) is 18.1. The minimum absolute atomic E-state index is 0.0820. The summed E-state index contributed by atoms with van der Waals surface area (Å²) < 4.78 is 11.1. The van der Waals surface area contributed by atoms with Gasteiger partial charge in [-0.1, -0.05) is 57.2 Å². The van der Waals surface area contributed by atoms with Crippen LogP contribution in [0.15, 0.2) is 54.6 Å². The number of aromatic nitrogens is 1. The highest BCUT2D eigenvalue weighted by molar-refractivity contribution is 6.10. The number of aryl methyl sites for hydroxylation is 1. The first-order valence-corrected chi connectivity index (χ1v) is 10.0. The second-order valence-corrected chi connectivity index (χ2v) is 9.04. The molecule has 0 bridgehead atoms. The van der Waals surface area contributed by atoms with Crippen LogP contribution in [0.2, 0.25) is 0 Å². The van der Waals surface area contributed by atoms with Crippen LogP contribution >= 0.6 is 0 Å². The zero-order valence-electron chi connectivity index (χ0n) is 19.1. The summed E-state index contributed by atoms with van der Waals surface area (Å²) in [5.41, 5.74) is 7.50. The summed E-state index contributed by atoms with van der Waals surface area (Å²) in [5.74, 6) is 0. The van der Waals surface area contributed by atoms with Gasteiger partial charge in [0.05, 0.1) is 12.3 Å². The van der Waals surface area contributed by atoms with E-state index >= 15 is 0 Å². The van der Waals surface area contributed by atoms with Gasteiger partial charge in [0, 0.05) is 18.4 Å². The quantitative estimate of drug-likeness (QED) is 0.259. The van der Waals surface area contributed by atoms with Crippen molar-refractivity contribution in [3.8, 4) is 11.3 Å². The summed E-state index contributed by atoms with van der Waals surface area (Å²) in [6.45, 7) is 13.3. The summed E-state index contributed by atoms with van der Waals surface area (Å²) in [5, 5.41) is 4.53. The molecule has 3 aromatic carbocycles. The topological polar surface area (TPSA) is 3.88 Å². The fourth-order valence-corrected chi connectivity index (χ4v) is 4.08. The monoisotopic (exact) mass is 369 g/mol. The van der Waals surface area contributed by atoms with Crippen LogP contribution in [-0.4, -0.2) is 0 Å². The van der Waals surface area contributed by atoms with E-state index in [2.05, 4.69) is 102 Å². The van der Waals surface area contributed by atoms with E-state index in [9.17, 15) is 0 Å². The minimum Gasteiger partial charge on any atom is -0.198 e. The molecule has 0 radical (unpaired) electrons. The van der Waals surface area contributed by atoms with Crippen LogP contribution in [-0.2, 0) is 12.5 Å². The molecule has 1 nitrogen and oxygen atoms in total. The van der Waals surface area contributed by atoms with Crippen molar-refractivity contribution in [2.24, 2.45) is 7.05 Å². The highest BCUT2D eigenvalue weighted by Gasteiger charge is 2.24. The molecule has 0 aliphatic heterocycles. The number of hydrogen-bond donors (Lipinski definition) is 0. The molecule has 0 atom stereocenters. The van der Waals surface area contributed by atoms with Crippen LogP contribution in [0.3, 0.4) is 0 Å². The van der Waals surface area contributed by atoms with Gasteiger partial charge in [-0.3, -0.25) is 0 Å². The molecule has 1 heterocycles. The summed E-state index contributed by atoms with van der Waals surface area (Å²) in [6.07, 6.45) is 0. The molecule has 0 fully saturated rings. The van der Waals surface area contributed by atoms with E-state index < -0.39 is 0 Å². The molecule has 1 aromatic heterocycles. The predicted octanol–water partition coefficient (Wildman–Crippen LogP) is 6.71. The van der Waals surface area contributed by atoms with E-state index in [0.717, 1.165) is 21.9 Å². The van der Waals surface area contributed by atoms with Gasteiger partial charge in [0.25, 0.3) is 0 Å². The third-order valence-electron chi connectivity index (χ3n) is 6.12. The SMILES string of the molecule is [2H]c1c(C)[n+](C)c(-c2cc(C(C)(C)C)cc(C)c2C)c2ccc3ccccc3c12. The Labute approximate surface area is 170 Å². The van der Waals surface area contributed by atoms with Crippen molar-refractivity contribution in [3.63, 3.8) is 0 Å². The first-order chi connectivity index (χ1) is 13.6. The molecule has 0 saturated heterocycles. The standard InChI is InChI=1S/C27H30N/c1-17-14-21(27(4,5)6)16-24(19(17)3)26-23-13-12-20-10-8-9-11-22(20)25(23)15-18(2)28(26)7/h8-16H,1-7H3/q+1/i15D. The summed E-state index contributed by atoms with van der Waals surface area (Å²) in [4.78, 5) is 0. The van der Waals surface area contributed by atoms with Crippen molar-refractivity contribution >= 4 is 21.5 Å². The minimum atomic E-state index is 0.0820. The second-order valence-electron chi connectivity index (χ2n) is 9.04. The lowest BCUT2D eigenvalue weighted by molar-refractivity contribution is -0.665. The lowest BCUT2D eigenvalue weighted by Gasteiger charge is -2.22. The Morgan fingerprint density at radius 3 is 2.29 bits per heavy atom. The highest BCUT2D eigenvalue weighted by Crippen LogP contribution is 2.36. The highest BCUT2D eigenvalue weighted by atomic mass is 14.9. The smallest absolute Gasteiger partial charge is 0.198 e. The van der Waals surface area contributed by atoms with Gasteiger partial charge >= 0.3 is 0 Å². The number of fused-ring (bicyclic) bond motifs is 3. The Balaban J connectivity index is 2.21. The first kappa shape index (κ1) is 17.4. The maximum Gasteiger partial charge on any atom is 0.220 e. The van der Waals surface area contributed by atoms with E-state index in [1.54, 1.807) is 0 Å². The van der Waals surface area contributed by atoms with Crippen molar-refractivity contribution in [3.05, 3.63) is 77.0 Å². The summed E-state index contributed by atoms with van der Waals surface area (Å²) >= 11 is 0. The van der Waals surface area contributed by atoms with Crippen molar-refractivity contribution < 1.29 is 5.94 Å². The number of rotatable bonds is 1. The Hall–Kier alpha value is -2.67. The van der Waals surface area contributed by atoms with Crippen LogP contribution in [0.5, 0.6) is 0 Å². The van der Waals surface area contributed by atoms with Gasteiger partial charge in [0.15, 0.2) is 5.69 Å². The van der Waals surface area contributed by atoms with Gasteiger partial charge in [0.2, 0.25) is 5.69 Å². The van der Waals surface area contributed by atoms with Crippen LogP contribution < -0.4 is 4.57 Å². The molecule has 0 unspecified atom stereocenters. The summed E-state index contributed by atoms with van der Waals surface area (Å²) in [6, 6.07) is 18.1. The maximum absolute atomic E-state index is 8.89. The molecular weight excluding hydrogens is 338 g/mol. The van der Waals surface area contributed by atoms with E-state index in [0.29, 0.717) is 6.04 Å². The molecule has 0 aliphatic rings. The molecule has 28 heavy (non-hydrogen) atoms. The lowest BCUT2D eigenvalue weighted by atomic mass is 9.82. The molecule has 0 spiro atoms. The fraction of sp³-hybridized carbons (Fsp3) is 0.296. The number of nitrogens with zero attached hydrogens (tertiary/aromatic N) is 1. The maximum atomic E-state index is 8.89. The first-order valence-electron chi connectivity index (χ1n) is 10.5. The van der Waals surface area contributed by atoms with E-state index in [-0.39, 0.29) is 5.41 Å². The van der Waals surface area contributed by atoms with Gasteiger partial charge in [-0.15, -0.1) is 0 Å². The normalized spacial score (nSPS) is 12.6. The molecule has 1 heteroatoms. The Morgan fingerprint density at radius 2 is 1.57 bits per heavy atom. The molecule has 0 amide bonds. The molecule has 0 N–H and O–H groups in total. The number of benzene rings is 3. The average molecular weight is 370 g/mol. The molecule has 0 saturated carbocycles. The van der Waals surface area contributed by atoms with E-state index in [1.165, 1.54) is 33.3 Å². The Bertz CT molecular complexity index is 1280. The predicted molar refractivity (Wildman–Crippen MR) is 121 cm³/mol. The van der Waals surface area contributed by atoms with Crippen molar-refractivity contribution in [2.45, 2.75) is 47.0 Å². The average Bonchev–Trinajstić information content (AvgIpc) is 2.68. The fourth-order valence-electron chi connectivity index (χ4n) is 4.08. The Morgan fingerprint density at radius 1 is 0.857 bits per heavy atom. The zero-order chi connectivity index (χ0) is 21.1. The summed E-state index contributed by atoms with van der Waals surface area (Å²) in [7, 11) is 2.09. The third-order valence-corrected chi connectivity index (χ3v) is 6.12. The van der Waals surface area contributed by atoms with E-state index in [1.807, 2.05) is 0 Å². The van der Waals surface area contributed by atoms with Gasteiger partial charge in [-0.05, 0) is 58.9 Å². The molecule has 4 rings (SSSR count). The van der Waals surface area contributed by atoms with Gasteiger partial charge < -0.3 is 0 Å². The number of hydrogen-bond acceptors (Lipinski definition) is 0. The van der Waals surface area contributed by atoms with Crippen molar-refractivity contribution in [1.82, 2.24) is 0 Å². The molecule has 142 valence electrons. The second kappa shape index (κ2) is 6.44. The molecule has 4 aromatic rings. The van der Waals surface area contributed by atoms with Crippen molar-refractivity contribution in [1.29, 1.82) is 0 Å². The molecular formula is C27H30N+. The Kier molecular flexibility index (Phi) is 4.01. The van der Waals surface area contributed by atoms with E-state index in [4.69, 9.17) is 1.37 Å². The van der Waals surface area contributed by atoms with Crippen LogP contribution in [0, 0.1) is 20.8 Å². The number of pyridine rings is 1. The van der Waals surface area contributed by atoms with Gasteiger partial charge in [-0.25, -0.2) is 0 Å². The van der Waals surface area contributed by atoms with Crippen LogP contribution in [0.1, 0.15) is 44.5 Å². The third kappa shape index (κ3) is 2.90. The van der Waals surface area contributed by atoms with Crippen LogP contribution in [0.4, 0.5) is 0 Å². The molecule has 0 aliphatic carbocycles. The van der Waals surface area contributed by atoms with Gasteiger partial charge in [-0.2, -0.15) is 4.57 Å². The largest absolute Gasteiger partial charge is 0.220 e.